The molecule has 0 unspecified atom stereocenters. The van der Waals surface area contributed by atoms with Crippen LogP contribution in [0.1, 0.15) is 32.0 Å². The third kappa shape index (κ3) is 3.20. The molecule has 0 aliphatic carbocycles. The van der Waals surface area contributed by atoms with Crippen LogP contribution in [0.5, 0.6) is 0 Å². The Balaban J connectivity index is 3.02. The van der Waals surface area contributed by atoms with Crippen LogP contribution in [0, 0.1) is 12.8 Å². The number of hydrogen-bond acceptors (Lipinski definition) is 3. The molecule has 1 aromatic heterocycles. The average molecular weight is 221 g/mol. The summed E-state index contributed by atoms with van der Waals surface area (Å²) in [7, 11) is 0. The number of rotatable bonds is 5. The van der Waals surface area contributed by atoms with E-state index in [2.05, 4.69) is 36.7 Å². The summed E-state index contributed by atoms with van der Waals surface area (Å²) in [6.45, 7) is 11.2. The third-order valence-electron chi connectivity index (χ3n) is 2.58. The molecule has 1 rings (SSSR count). The van der Waals surface area contributed by atoms with Gasteiger partial charge in [-0.15, -0.1) is 0 Å². The molecular weight excluding hydrogens is 198 g/mol. The van der Waals surface area contributed by atoms with Gasteiger partial charge in [0, 0.05) is 30.9 Å². The molecule has 0 aliphatic rings. The minimum atomic E-state index is 0.553. The maximum absolute atomic E-state index is 5.76. The monoisotopic (exact) mass is 221 g/mol. The molecule has 0 bridgehead atoms. The summed E-state index contributed by atoms with van der Waals surface area (Å²) < 4.78 is 0. The first-order valence-electron chi connectivity index (χ1n) is 6.00. The molecule has 3 heteroatoms. The van der Waals surface area contributed by atoms with Crippen LogP contribution in [0.3, 0.4) is 0 Å². The van der Waals surface area contributed by atoms with Crippen LogP contribution in [-0.2, 0) is 6.54 Å². The molecule has 0 saturated heterocycles. The average Bonchev–Trinajstić information content (AvgIpc) is 2.25. The number of nitrogens with two attached hydrogens (primary N) is 1. The van der Waals surface area contributed by atoms with Gasteiger partial charge in [-0.1, -0.05) is 19.9 Å². The lowest BCUT2D eigenvalue weighted by atomic mass is 10.1. The lowest BCUT2D eigenvalue weighted by molar-refractivity contribution is 0.612. The third-order valence-corrected chi connectivity index (χ3v) is 2.58. The van der Waals surface area contributed by atoms with Gasteiger partial charge >= 0.3 is 0 Å². The molecule has 3 nitrogen and oxygen atoms in total. The highest BCUT2D eigenvalue weighted by atomic mass is 15.2. The summed E-state index contributed by atoms with van der Waals surface area (Å²) in [6.07, 6.45) is 0. The van der Waals surface area contributed by atoms with E-state index < -0.39 is 0 Å². The van der Waals surface area contributed by atoms with Crippen LogP contribution in [0.15, 0.2) is 12.1 Å². The van der Waals surface area contributed by atoms with Crippen molar-refractivity contribution >= 4 is 5.82 Å². The van der Waals surface area contributed by atoms with Crippen LogP contribution in [0.2, 0.25) is 0 Å². The quantitative estimate of drug-likeness (QED) is 0.829. The van der Waals surface area contributed by atoms with Crippen LogP contribution in [0.25, 0.3) is 0 Å². The molecule has 16 heavy (non-hydrogen) atoms. The Hall–Kier alpha value is -1.09. The number of pyridine rings is 1. The van der Waals surface area contributed by atoms with Gasteiger partial charge in [0.05, 0.1) is 0 Å². The van der Waals surface area contributed by atoms with Crippen LogP contribution < -0.4 is 10.6 Å². The maximum Gasteiger partial charge on any atom is 0.133 e. The van der Waals surface area contributed by atoms with E-state index in [4.69, 9.17) is 5.73 Å². The fourth-order valence-electron chi connectivity index (χ4n) is 1.81. The number of anilines is 1. The Kier molecular flexibility index (Phi) is 4.74. The molecule has 0 spiro atoms. The van der Waals surface area contributed by atoms with Gasteiger partial charge in [-0.05, 0) is 25.8 Å². The largest absolute Gasteiger partial charge is 0.356 e. The summed E-state index contributed by atoms with van der Waals surface area (Å²) >= 11 is 0. The molecule has 0 amide bonds. The molecule has 0 radical (unpaired) electrons. The minimum Gasteiger partial charge on any atom is -0.356 e. The van der Waals surface area contributed by atoms with Gasteiger partial charge in [0.1, 0.15) is 5.82 Å². The smallest absolute Gasteiger partial charge is 0.133 e. The second-order valence-electron chi connectivity index (χ2n) is 4.57. The number of aryl methyl sites for hydroxylation is 1. The van der Waals surface area contributed by atoms with Gasteiger partial charge in [0.25, 0.3) is 0 Å². The fraction of sp³-hybridized carbons (Fsp3) is 0.615. The SMILES string of the molecule is CCN(CC(C)C)c1nc(C)ccc1CN. The van der Waals surface area contributed by atoms with Gasteiger partial charge in [-0.25, -0.2) is 4.98 Å². The van der Waals surface area contributed by atoms with E-state index in [1.807, 2.05) is 13.0 Å². The summed E-state index contributed by atoms with van der Waals surface area (Å²) in [5.74, 6) is 1.69. The van der Waals surface area contributed by atoms with E-state index in [1.165, 1.54) is 0 Å². The van der Waals surface area contributed by atoms with E-state index in [0.717, 1.165) is 30.2 Å². The number of nitrogens with zero attached hydrogens (tertiary/aromatic N) is 2. The first kappa shape index (κ1) is 13.0. The van der Waals surface area contributed by atoms with Crippen molar-refractivity contribution in [1.82, 2.24) is 4.98 Å². The lowest BCUT2D eigenvalue weighted by Gasteiger charge is -2.26. The van der Waals surface area contributed by atoms with E-state index in [-0.39, 0.29) is 0 Å². The normalized spacial score (nSPS) is 10.9. The first-order chi connectivity index (χ1) is 7.58. The van der Waals surface area contributed by atoms with Gasteiger partial charge in [-0.3, -0.25) is 0 Å². The van der Waals surface area contributed by atoms with E-state index in [9.17, 15) is 0 Å². The Labute approximate surface area is 98.7 Å². The number of hydrogen-bond donors (Lipinski definition) is 1. The molecule has 1 aromatic rings. The predicted molar refractivity (Wildman–Crippen MR) is 69.6 cm³/mol. The minimum absolute atomic E-state index is 0.553. The topological polar surface area (TPSA) is 42.2 Å². The van der Waals surface area contributed by atoms with Crippen LogP contribution >= 0.6 is 0 Å². The van der Waals surface area contributed by atoms with Crippen molar-refractivity contribution in [2.75, 3.05) is 18.0 Å². The maximum atomic E-state index is 5.76. The van der Waals surface area contributed by atoms with Crippen molar-refractivity contribution < 1.29 is 0 Å². The molecule has 90 valence electrons. The summed E-state index contributed by atoms with van der Waals surface area (Å²) in [5, 5.41) is 0. The van der Waals surface area contributed by atoms with Crippen LogP contribution in [-0.4, -0.2) is 18.1 Å². The lowest BCUT2D eigenvalue weighted by Crippen LogP contribution is -2.29. The Bertz CT molecular complexity index is 334. The molecule has 0 atom stereocenters. The zero-order valence-corrected chi connectivity index (χ0v) is 10.8. The van der Waals surface area contributed by atoms with Crippen molar-refractivity contribution in [2.45, 2.75) is 34.2 Å². The Morgan fingerprint density at radius 3 is 2.56 bits per heavy atom. The summed E-state index contributed by atoms with van der Waals surface area (Å²) in [6, 6.07) is 4.11. The van der Waals surface area contributed by atoms with Crippen LogP contribution in [0.4, 0.5) is 5.82 Å². The van der Waals surface area contributed by atoms with Gasteiger partial charge in [0.2, 0.25) is 0 Å². The van der Waals surface area contributed by atoms with E-state index >= 15 is 0 Å². The molecule has 0 saturated carbocycles. The molecular formula is C13H23N3. The second kappa shape index (κ2) is 5.85. The van der Waals surface area contributed by atoms with E-state index in [0.29, 0.717) is 12.5 Å². The highest BCUT2D eigenvalue weighted by molar-refractivity contribution is 5.47. The molecule has 0 aliphatic heterocycles. The fourth-order valence-corrected chi connectivity index (χ4v) is 1.81. The zero-order valence-electron chi connectivity index (χ0n) is 10.8. The first-order valence-corrected chi connectivity index (χ1v) is 6.00. The van der Waals surface area contributed by atoms with Gasteiger partial charge in [0.15, 0.2) is 0 Å². The Morgan fingerprint density at radius 2 is 2.06 bits per heavy atom. The van der Waals surface area contributed by atoms with Gasteiger partial charge in [-0.2, -0.15) is 0 Å². The zero-order chi connectivity index (χ0) is 12.1. The number of aromatic nitrogens is 1. The van der Waals surface area contributed by atoms with Crippen molar-refractivity contribution in [1.29, 1.82) is 0 Å². The molecule has 0 fully saturated rings. The molecule has 1 heterocycles. The van der Waals surface area contributed by atoms with Crippen molar-refractivity contribution in [2.24, 2.45) is 11.7 Å². The Morgan fingerprint density at radius 1 is 1.38 bits per heavy atom. The summed E-state index contributed by atoms with van der Waals surface area (Å²) in [5.41, 5.74) is 7.94. The standard InChI is InChI=1S/C13H23N3/c1-5-16(9-10(2)3)13-12(8-14)7-6-11(4)15-13/h6-7,10H,5,8-9,14H2,1-4H3. The molecule has 2 N–H and O–H groups in total. The molecule has 0 aromatic carbocycles. The van der Waals surface area contributed by atoms with Gasteiger partial charge < -0.3 is 10.6 Å². The predicted octanol–water partition coefficient (Wildman–Crippen LogP) is 2.33. The highest BCUT2D eigenvalue weighted by Crippen LogP contribution is 2.19. The van der Waals surface area contributed by atoms with Crippen molar-refractivity contribution in [3.05, 3.63) is 23.4 Å². The van der Waals surface area contributed by atoms with Crippen molar-refractivity contribution in [3.8, 4) is 0 Å². The van der Waals surface area contributed by atoms with Crippen molar-refractivity contribution in [3.63, 3.8) is 0 Å². The second-order valence-corrected chi connectivity index (χ2v) is 4.57. The van der Waals surface area contributed by atoms with E-state index in [1.54, 1.807) is 0 Å². The highest BCUT2D eigenvalue weighted by Gasteiger charge is 2.12. The summed E-state index contributed by atoms with van der Waals surface area (Å²) in [4.78, 5) is 6.92.